The average Bonchev–Trinajstić information content (AvgIpc) is 2.29. The second-order valence-corrected chi connectivity index (χ2v) is 2.80. The van der Waals surface area contributed by atoms with Crippen LogP contribution in [0.5, 0.6) is 11.5 Å². The fraction of sp³-hybridized carbons (Fsp3) is 0.300. The van der Waals surface area contributed by atoms with Crippen molar-refractivity contribution in [2.75, 3.05) is 26.6 Å². The smallest absolute Gasteiger partial charge is 0.192 e. The number of anilines is 1. The maximum atomic E-state index is 5.55. The lowest BCUT2D eigenvalue weighted by Crippen LogP contribution is -2.22. The summed E-state index contributed by atoms with van der Waals surface area (Å²) in [6.07, 6.45) is 0. The molecule has 0 atom stereocenters. The van der Waals surface area contributed by atoms with Gasteiger partial charge in [0.25, 0.3) is 0 Å². The maximum Gasteiger partial charge on any atom is 0.192 e. The highest BCUT2D eigenvalue weighted by molar-refractivity contribution is 5.93. The van der Waals surface area contributed by atoms with E-state index in [0.29, 0.717) is 11.7 Å². The lowest BCUT2D eigenvalue weighted by atomic mass is 10.2. The van der Waals surface area contributed by atoms with Gasteiger partial charge in [-0.1, -0.05) is 0 Å². The van der Waals surface area contributed by atoms with Crippen LogP contribution in [0.25, 0.3) is 0 Å². The van der Waals surface area contributed by atoms with Gasteiger partial charge in [0.1, 0.15) is 11.5 Å². The molecule has 1 aromatic carbocycles. The van der Waals surface area contributed by atoms with E-state index in [1.807, 2.05) is 12.1 Å². The largest absolute Gasteiger partial charge is 0.497 e. The van der Waals surface area contributed by atoms with Gasteiger partial charge in [0.2, 0.25) is 0 Å². The molecule has 82 valence electrons. The molecule has 0 unspecified atom stereocenters. The highest BCUT2D eigenvalue weighted by atomic mass is 16.5. The van der Waals surface area contributed by atoms with E-state index in [4.69, 9.17) is 15.2 Å². The van der Waals surface area contributed by atoms with Crippen molar-refractivity contribution in [1.82, 2.24) is 0 Å². The van der Waals surface area contributed by atoms with E-state index in [0.717, 1.165) is 11.4 Å². The molecule has 0 radical (unpaired) electrons. The Kier molecular flexibility index (Phi) is 3.79. The highest BCUT2D eigenvalue weighted by Crippen LogP contribution is 2.28. The van der Waals surface area contributed by atoms with Crippen LogP contribution in [0, 0.1) is 0 Å². The fourth-order valence-electron chi connectivity index (χ4n) is 1.10. The second kappa shape index (κ2) is 5.09. The Hall–Kier alpha value is -1.91. The normalized spacial score (nSPS) is 11.0. The van der Waals surface area contributed by atoms with Crippen molar-refractivity contribution in [1.29, 1.82) is 0 Å². The molecule has 0 spiro atoms. The summed E-state index contributed by atoms with van der Waals surface area (Å²) in [6, 6.07) is 5.40. The molecule has 0 aliphatic rings. The third kappa shape index (κ3) is 2.77. The maximum absolute atomic E-state index is 5.55. The Balaban J connectivity index is 2.97. The van der Waals surface area contributed by atoms with E-state index in [1.165, 1.54) is 0 Å². The Labute approximate surface area is 88.9 Å². The third-order valence-electron chi connectivity index (χ3n) is 1.91. The van der Waals surface area contributed by atoms with Crippen molar-refractivity contribution in [2.45, 2.75) is 0 Å². The summed E-state index contributed by atoms with van der Waals surface area (Å²) in [5.41, 5.74) is 6.30. The lowest BCUT2D eigenvalue weighted by molar-refractivity contribution is 0.395. The molecule has 5 heteroatoms. The molecule has 0 aliphatic heterocycles. The van der Waals surface area contributed by atoms with Gasteiger partial charge in [-0.15, -0.1) is 0 Å². The summed E-state index contributed by atoms with van der Waals surface area (Å²) in [7, 11) is 4.79. The molecule has 0 fully saturated rings. The van der Waals surface area contributed by atoms with Crippen LogP contribution < -0.4 is 20.5 Å². The van der Waals surface area contributed by atoms with Crippen LogP contribution in [0.2, 0.25) is 0 Å². The number of nitrogens with two attached hydrogens (primary N) is 1. The minimum Gasteiger partial charge on any atom is -0.497 e. The van der Waals surface area contributed by atoms with Gasteiger partial charge in [-0.3, -0.25) is 4.99 Å². The van der Waals surface area contributed by atoms with Crippen LogP contribution >= 0.6 is 0 Å². The number of nitrogens with zero attached hydrogens (tertiary/aromatic N) is 1. The molecule has 5 nitrogen and oxygen atoms in total. The molecule has 0 aromatic heterocycles. The number of ether oxygens (including phenoxy) is 2. The van der Waals surface area contributed by atoms with Gasteiger partial charge in [-0.05, 0) is 12.1 Å². The molecule has 0 heterocycles. The van der Waals surface area contributed by atoms with Crippen molar-refractivity contribution >= 4 is 11.6 Å². The molecular weight excluding hydrogens is 194 g/mol. The van der Waals surface area contributed by atoms with Crippen molar-refractivity contribution in [3.05, 3.63) is 18.2 Å². The number of guanidine groups is 1. The Morgan fingerprint density at radius 3 is 2.60 bits per heavy atom. The van der Waals surface area contributed by atoms with E-state index < -0.39 is 0 Å². The summed E-state index contributed by atoms with van der Waals surface area (Å²) in [4.78, 5) is 3.80. The molecule has 0 bridgehead atoms. The molecule has 15 heavy (non-hydrogen) atoms. The lowest BCUT2D eigenvalue weighted by Gasteiger charge is -2.11. The number of aliphatic imine (C=N–C) groups is 1. The van der Waals surface area contributed by atoms with Crippen LogP contribution in [-0.2, 0) is 0 Å². The predicted octanol–water partition coefficient (Wildman–Crippen LogP) is 1.06. The molecule has 3 N–H and O–H groups in total. The molecule has 0 amide bonds. The van der Waals surface area contributed by atoms with E-state index in [9.17, 15) is 0 Å². The molecule has 1 aromatic rings. The third-order valence-corrected chi connectivity index (χ3v) is 1.91. The summed E-state index contributed by atoms with van der Waals surface area (Å²) >= 11 is 0. The van der Waals surface area contributed by atoms with Gasteiger partial charge in [-0.2, -0.15) is 0 Å². The summed E-state index contributed by atoms with van der Waals surface area (Å²) in [5, 5.41) is 2.91. The molecule has 0 saturated carbocycles. The van der Waals surface area contributed by atoms with Crippen molar-refractivity contribution in [3.8, 4) is 11.5 Å². The van der Waals surface area contributed by atoms with Gasteiger partial charge < -0.3 is 20.5 Å². The SMILES string of the molecule is CN=C(N)Nc1ccc(OC)cc1OC. The summed E-state index contributed by atoms with van der Waals surface area (Å²) in [5.74, 6) is 1.71. The molecule has 0 aliphatic carbocycles. The number of rotatable bonds is 3. The van der Waals surface area contributed by atoms with Crippen molar-refractivity contribution < 1.29 is 9.47 Å². The highest BCUT2D eigenvalue weighted by Gasteiger charge is 2.05. The first-order valence-corrected chi connectivity index (χ1v) is 4.42. The first-order chi connectivity index (χ1) is 7.21. The van der Waals surface area contributed by atoms with Crippen LogP contribution in [0.3, 0.4) is 0 Å². The summed E-state index contributed by atoms with van der Waals surface area (Å²) in [6.45, 7) is 0. The number of hydrogen-bond donors (Lipinski definition) is 2. The average molecular weight is 209 g/mol. The molecule has 0 saturated heterocycles. The summed E-state index contributed by atoms with van der Waals surface area (Å²) < 4.78 is 10.3. The quantitative estimate of drug-likeness (QED) is 0.577. The van der Waals surface area contributed by atoms with Crippen LogP contribution in [0.4, 0.5) is 5.69 Å². The van der Waals surface area contributed by atoms with Crippen LogP contribution in [0.1, 0.15) is 0 Å². The minimum absolute atomic E-state index is 0.332. The zero-order chi connectivity index (χ0) is 11.3. The first kappa shape index (κ1) is 11.2. The number of hydrogen-bond acceptors (Lipinski definition) is 3. The zero-order valence-corrected chi connectivity index (χ0v) is 9.07. The van der Waals surface area contributed by atoms with Gasteiger partial charge >= 0.3 is 0 Å². The van der Waals surface area contributed by atoms with E-state index >= 15 is 0 Å². The Morgan fingerprint density at radius 2 is 2.07 bits per heavy atom. The Morgan fingerprint density at radius 1 is 1.33 bits per heavy atom. The Bertz CT molecular complexity index is 364. The van der Waals surface area contributed by atoms with Crippen molar-refractivity contribution in [2.24, 2.45) is 10.7 Å². The van der Waals surface area contributed by atoms with E-state index in [2.05, 4.69) is 10.3 Å². The van der Waals surface area contributed by atoms with Gasteiger partial charge in [0.15, 0.2) is 5.96 Å². The zero-order valence-electron chi connectivity index (χ0n) is 9.07. The minimum atomic E-state index is 0.332. The number of benzene rings is 1. The monoisotopic (exact) mass is 209 g/mol. The standard InChI is InChI=1S/C10H15N3O2/c1-12-10(11)13-8-5-4-7(14-2)6-9(8)15-3/h4-6H,1-3H3,(H3,11,12,13). The molecular formula is C10H15N3O2. The predicted molar refractivity (Wildman–Crippen MR) is 60.7 cm³/mol. The number of nitrogens with one attached hydrogen (secondary N) is 1. The van der Waals surface area contributed by atoms with Crippen LogP contribution in [0.15, 0.2) is 23.2 Å². The number of methoxy groups -OCH3 is 2. The van der Waals surface area contributed by atoms with Crippen LogP contribution in [-0.4, -0.2) is 27.2 Å². The van der Waals surface area contributed by atoms with Gasteiger partial charge in [0.05, 0.1) is 19.9 Å². The van der Waals surface area contributed by atoms with E-state index in [1.54, 1.807) is 27.3 Å². The van der Waals surface area contributed by atoms with Crippen molar-refractivity contribution in [3.63, 3.8) is 0 Å². The topological polar surface area (TPSA) is 68.9 Å². The van der Waals surface area contributed by atoms with E-state index in [-0.39, 0.29) is 0 Å². The van der Waals surface area contributed by atoms with Gasteiger partial charge in [-0.25, -0.2) is 0 Å². The second-order valence-electron chi connectivity index (χ2n) is 2.80. The first-order valence-electron chi connectivity index (χ1n) is 4.42. The molecule has 1 rings (SSSR count). The van der Waals surface area contributed by atoms with Gasteiger partial charge in [0, 0.05) is 13.1 Å². The fourth-order valence-corrected chi connectivity index (χ4v) is 1.10.